The molecule has 110 valence electrons. The van der Waals surface area contributed by atoms with Gasteiger partial charge in [0.05, 0.1) is 6.61 Å². The highest BCUT2D eigenvalue weighted by Crippen LogP contribution is 2.16. The molecule has 0 heterocycles. The Hall–Kier alpha value is -2.29. The summed E-state index contributed by atoms with van der Waals surface area (Å²) in [7, 11) is 0. The molecule has 1 amide bonds. The molecular formula is C18H21NO2. The Labute approximate surface area is 126 Å². The molecule has 0 spiro atoms. The lowest BCUT2D eigenvalue weighted by molar-refractivity contribution is -0.116. The van der Waals surface area contributed by atoms with Crippen LogP contribution in [0.25, 0.3) is 0 Å². The van der Waals surface area contributed by atoms with E-state index in [1.807, 2.05) is 56.3 Å². The van der Waals surface area contributed by atoms with Gasteiger partial charge in [-0.05, 0) is 44.0 Å². The first-order valence-corrected chi connectivity index (χ1v) is 7.20. The molecule has 0 aliphatic carbocycles. The van der Waals surface area contributed by atoms with Crippen molar-refractivity contribution in [3.63, 3.8) is 0 Å². The fraction of sp³-hybridized carbons (Fsp3) is 0.278. The molecule has 0 saturated carbocycles. The van der Waals surface area contributed by atoms with Crippen molar-refractivity contribution >= 4 is 11.6 Å². The lowest BCUT2D eigenvalue weighted by Crippen LogP contribution is -2.13. The van der Waals surface area contributed by atoms with E-state index in [1.165, 1.54) is 5.56 Å². The Morgan fingerprint density at radius 3 is 2.57 bits per heavy atom. The number of aryl methyl sites for hydroxylation is 2. The van der Waals surface area contributed by atoms with Crippen molar-refractivity contribution in [2.75, 3.05) is 11.9 Å². The number of amides is 1. The average Bonchev–Trinajstić information content (AvgIpc) is 2.48. The zero-order chi connectivity index (χ0) is 15.1. The van der Waals surface area contributed by atoms with Crippen LogP contribution in [-0.2, 0) is 4.79 Å². The summed E-state index contributed by atoms with van der Waals surface area (Å²) in [6.45, 7) is 4.59. The monoisotopic (exact) mass is 283 g/mol. The van der Waals surface area contributed by atoms with Gasteiger partial charge in [0, 0.05) is 12.1 Å². The first kappa shape index (κ1) is 15.1. The SMILES string of the molecule is Cc1ccc(NC(=O)CCCOc2ccccc2)c(C)c1. The Bertz CT molecular complexity index is 593. The zero-order valence-electron chi connectivity index (χ0n) is 12.6. The third-order valence-electron chi connectivity index (χ3n) is 3.22. The number of anilines is 1. The maximum absolute atomic E-state index is 11.9. The Morgan fingerprint density at radius 2 is 1.86 bits per heavy atom. The normalized spacial score (nSPS) is 10.2. The van der Waals surface area contributed by atoms with Crippen molar-refractivity contribution in [3.05, 3.63) is 59.7 Å². The first-order valence-electron chi connectivity index (χ1n) is 7.20. The molecule has 0 fully saturated rings. The van der Waals surface area contributed by atoms with Crippen molar-refractivity contribution in [1.82, 2.24) is 0 Å². The summed E-state index contributed by atoms with van der Waals surface area (Å²) in [5.41, 5.74) is 3.17. The summed E-state index contributed by atoms with van der Waals surface area (Å²) < 4.78 is 5.57. The first-order chi connectivity index (χ1) is 10.1. The van der Waals surface area contributed by atoms with Gasteiger partial charge in [0.15, 0.2) is 0 Å². The molecule has 0 aliphatic rings. The van der Waals surface area contributed by atoms with E-state index in [-0.39, 0.29) is 5.91 Å². The summed E-state index contributed by atoms with van der Waals surface area (Å²) >= 11 is 0. The van der Waals surface area contributed by atoms with Gasteiger partial charge in [-0.15, -0.1) is 0 Å². The van der Waals surface area contributed by atoms with E-state index in [0.717, 1.165) is 17.0 Å². The summed E-state index contributed by atoms with van der Waals surface area (Å²) in [5.74, 6) is 0.867. The maximum Gasteiger partial charge on any atom is 0.224 e. The molecule has 2 aromatic rings. The van der Waals surface area contributed by atoms with E-state index in [9.17, 15) is 4.79 Å². The summed E-state index contributed by atoms with van der Waals surface area (Å²) in [6, 6.07) is 15.7. The number of ether oxygens (including phenoxy) is 1. The Kier molecular flexibility index (Phi) is 5.38. The third kappa shape index (κ3) is 4.95. The van der Waals surface area contributed by atoms with E-state index in [0.29, 0.717) is 19.4 Å². The van der Waals surface area contributed by atoms with Crippen LogP contribution >= 0.6 is 0 Å². The molecule has 2 rings (SSSR count). The number of hydrogen-bond donors (Lipinski definition) is 1. The van der Waals surface area contributed by atoms with Gasteiger partial charge in [0.25, 0.3) is 0 Å². The third-order valence-corrected chi connectivity index (χ3v) is 3.22. The lowest BCUT2D eigenvalue weighted by Gasteiger charge is -2.09. The molecule has 0 unspecified atom stereocenters. The highest BCUT2D eigenvalue weighted by Gasteiger charge is 2.05. The number of carbonyl (C=O) groups is 1. The molecule has 0 aromatic heterocycles. The van der Waals surface area contributed by atoms with Crippen LogP contribution in [0.15, 0.2) is 48.5 Å². The van der Waals surface area contributed by atoms with Gasteiger partial charge in [0.2, 0.25) is 5.91 Å². The highest BCUT2D eigenvalue weighted by atomic mass is 16.5. The predicted octanol–water partition coefficient (Wildman–Crippen LogP) is 4.10. The van der Waals surface area contributed by atoms with E-state index < -0.39 is 0 Å². The molecule has 2 aromatic carbocycles. The van der Waals surface area contributed by atoms with Gasteiger partial charge in [-0.2, -0.15) is 0 Å². The van der Waals surface area contributed by atoms with E-state index >= 15 is 0 Å². The number of nitrogens with one attached hydrogen (secondary N) is 1. The van der Waals surface area contributed by atoms with Gasteiger partial charge in [0.1, 0.15) is 5.75 Å². The number of rotatable bonds is 6. The van der Waals surface area contributed by atoms with Gasteiger partial charge in [-0.1, -0.05) is 35.9 Å². The van der Waals surface area contributed by atoms with E-state index in [4.69, 9.17) is 4.74 Å². The van der Waals surface area contributed by atoms with Crippen LogP contribution in [0.1, 0.15) is 24.0 Å². The topological polar surface area (TPSA) is 38.3 Å². The standard InChI is InChI=1S/C18H21NO2/c1-14-10-11-17(15(2)13-14)19-18(20)9-6-12-21-16-7-4-3-5-8-16/h3-5,7-8,10-11,13H,6,9,12H2,1-2H3,(H,19,20). The average molecular weight is 283 g/mol. The van der Waals surface area contributed by atoms with Crippen LogP contribution in [0.2, 0.25) is 0 Å². The second-order valence-electron chi connectivity index (χ2n) is 5.13. The summed E-state index contributed by atoms with van der Waals surface area (Å²) in [6.07, 6.45) is 1.16. The van der Waals surface area contributed by atoms with Crippen LogP contribution in [0.3, 0.4) is 0 Å². The van der Waals surface area contributed by atoms with E-state index in [2.05, 4.69) is 11.4 Å². The van der Waals surface area contributed by atoms with Crippen LogP contribution in [0.4, 0.5) is 5.69 Å². The second-order valence-corrected chi connectivity index (χ2v) is 5.13. The smallest absolute Gasteiger partial charge is 0.224 e. The number of carbonyl (C=O) groups excluding carboxylic acids is 1. The van der Waals surface area contributed by atoms with Crippen LogP contribution in [-0.4, -0.2) is 12.5 Å². The molecule has 0 saturated heterocycles. The Balaban J connectivity index is 1.72. The fourth-order valence-corrected chi connectivity index (χ4v) is 2.11. The van der Waals surface area contributed by atoms with Gasteiger partial charge < -0.3 is 10.1 Å². The Morgan fingerprint density at radius 1 is 1.10 bits per heavy atom. The van der Waals surface area contributed by atoms with Gasteiger partial charge >= 0.3 is 0 Å². The quantitative estimate of drug-likeness (QED) is 0.810. The maximum atomic E-state index is 11.9. The highest BCUT2D eigenvalue weighted by molar-refractivity contribution is 5.91. The minimum atomic E-state index is 0.0265. The lowest BCUT2D eigenvalue weighted by atomic mass is 10.1. The molecule has 0 bridgehead atoms. The van der Waals surface area contributed by atoms with Gasteiger partial charge in [-0.25, -0.2) is 0 Å². The number of benzene rings is 2. The molecule has 0 aliphatic heterocycles. The van der Waals surface area contributed by atoms with Crippen LogP contribution in [0, 0.1) is 13.8 Å². The van der Waals surface area contributed by atoms with Crippen molar-refractivity contribution in [2.45, 2.75) is 26.7 Å². The largest absolute Gasteiger partial charge is 0.494 e. The molecule has 0 atom stereocenters. The number of para-hydroxylation sites is 1. The number of hydrogen-bond acceptors (Lipinski definition) is 2. The molecule has 21 heavy (non-hydrogen) atoms. The molecule has 0 radical (unpaired) electrons. The predicted molar refractivity (Wildman–Crippen MR) is 85.7 cm³/mol. The van der Waals surface area contributed by atoms with Crippen LogP contribution < -0.4 is 10.1 Å². The van der Waals surface area contributed by atoms with Crippen molar-refractivity contribution < 1.29 is 9.53 Å². The zero-order valence-corrected chi connectivity index (χ0v) is 12.6. The molecule has 3 nitrogen and oxygen atoms in total. The summed E-state index contributed by atoms with van der Waals surface area (Å²) in [5, 5.41) is 2.94. The van der Waals surface area contributed by atoms with Crippen molar-refractivity contribution in [2.24, 2.45) is 0 Å². The van der Waals surface area contributed by atoms with E-state index in [1.54, 1.807) is 0 Å². The second kappa shape index (κ2) is 7.48. The van der Waals surface area contributed by atoms with Gasteiger partial charge in [-0.3, -0.25) is 4.79 Å². The summed E-state index contributed by atoms with van der Waals surface area (Å²) in [4.78, 5) is 11.9. The molecule has 3 heteroatoms. The molecular weight excluding hydrogens is 262 g/mol. The minimum absolute atomic E-state index is 0.0265. The minimum Gasteiger partial charge on any atom is -0.494 e. The van der Waals surface area contributed by atoms with Crippen molar-refractivity contribution in [1.29, 1.82) is 0 Å². The van der Waals surface area contributed by atoms with Crippen molar-refractivity contribution in [3.8, 4) is 5.75 Å². The molecule has 1 N–H and O–H groups in total. The van der Waals surface area contributed by atoms with Crippen LogP contribution in [0.5, 0.6) is 5.75 Å². The fourth-order valence-electron chi connectivity index (χ4n) is 2.11.